The minimum absolute atomic E-state index is 0.481. The van der Waals surface area contributed by atoms with Gasteiger partial charge >= 0.3 is 0 Å². The lowest BCUT2D eigenvalue weighted by atomic mass is 10.6. The maximum atomic E-state index is 9.47. The highest BCUT2D eigenvalue weighted by molar-refractivity contribution is 7.85. The van der Waals surface area contributed by atoms with E-state index in [1.165, 1.54) is 0 Å². The molecule has 0 heterocycles. The van der Waals surface area contributed by atoms with Crippen molar-refractivity contribution in [3.05, 3.63) is 12.7 Å². The summed E-state index contributed by atoms with van der Waals surface area (Å²) in [6, 6.07) is 0. The summed E-state index contributed by atoms with van der Waals surface area (Å²) in [6.07, 6.45) is 1.06. The van der Waals surface area contributed by atoms with Crippen molar-refractivity contribution in [3.8, 4) is 0 Å². The van der Waals surface area contributed by atoms with E-state index >= 15 is 0 Å². The topological polar surface area (TPSA) is 118 Å². The minimum atomic E-state index is -4.11. The van der Waals surface area contributed by atoms with Crippen molar-refractivity contribution >= 4 is 16.0 Å². The zero-order chi connectivity index (χ0) is 9.49. The lowest BCUT2D eigenvalue weighted by molar-refractivity contribution is -0.113. The van der Waals surface area contributed by atoms with Crippen LogP contribution in [0, 0.1) is 0 Å². The highest BCUT2D eigenvalue weighted by Gasteiger charge is 1.95. The number of aliphatic hydroxyl groups is 1. The molecule has 0 radical (unpaired) electrons. The number of aliphatic hydroxyl groups excluding tert-OH is 1. The number of rotatable bonds is 2. The van der Waals surface area contributed by atoms with Gasteiger partial charge in [0.2, 0.25) is 5.91 Å². The second kappa shape index (κ2) is 5.83. The molecule has 0 aliphatic heterocycles. The maximum Gasteiger partial charge on any atom is 0.289 e. The Balaban J connectivity index is 0. The molecule has 0 aliphatic carbocycles. The second-order valence-electron chi connectivity index (χ2n) is 1.32. The summed E-state index contributed by atoms with van der Waals surface area (Å²) in [5.74, 6) is -1.68. The third kappa shape index (κ3) is 27.3. The first-order valence-electron chi connectivity index (χ1n) is 2.31. The van der Waals surface area contributed by atoms with E-state index in [1.807, 2.05) is 0 Å². The van der Waals surface area contributed by atoms with Gasteiger partial charge < -0.3 is 10.8 Å². The molecule has 66 valence electrons. The van der Waals surface area contributed by atoms with Crippen LogP contribution < -0.4 is 5.73 Å². The van der Waals surface area contributed by atoms with Crippen molar-refractivity contribution in [2.45, 2.75) is 0 Å². The van der Waals surface area contributed by atoms with Crippen molar-refractivity contribution in [1.29, 1.82) is 0 Å². The fourth-order valence-electron chi connectivity index (χ4n) is 0. The third-order valence-electron chi connectivity index (χ3n) is 0.364. The summed E-state index contributed by atoms with van der Waals surface area (Å²) in [7, 11) is -4.11. The summed E-state index contributed by atoms with van der Waals surface area (Å²) in [6.45, 7) is 3.09. The molecular weight excluding hydrogens is 174 g/mol. The first kappa shape index (κ1) is 12.7. The van der Waals surface area contributed by atoms with E-state index in [4.69, 9.17) is 9.66 Å². The number of primary amides is 1. The molecule has 0 atom stereocenters. The predicted molar refractivity (Wildman–Crippen MR) is 38.0 cm³/mol. The van der Waals surface area contributed by atoms with Crippen molar-refractivity contribution in [1.82, 2.24) is 0 Å². The van der Waals surface area contributed by atoms with Gasteiger partial charge in [0, 0.05) is 0 Å². The Morgan fingerprint density at radius 3 is 1.82 bits per heavy atom. The molecule has 0 fully saturated rings. The molecular formula is C4H9NO5S. The van der Waals surface area contributed by atoms with Crippen LogP contribution in [0.15, 0.2) is 12.7 Å². The van der Waals surface area contributed by atoms with Gasteiger partial charge in [-0.3, -0.25) is 9.35 Å². The Labute approximate surface area is 64.1 Å². The molecule has 0 aromatic rings. The van der Waals surface area contributed by atoms with Crippen LogP contribution in [0.1, 0.15) is 0 Å². The smallest absolute Gasteiger partial charge is 0.289 e. The Morgan fingerprint density at radius 1 is 1.64 bits per heavy atom. The molecule has 0 aromatic carbocycles. The van der Waals surface area contributed by atoms with Crippen molar-refractivity contribution in [2.24, 2.45) is 5.73 Å². The molecule has 11 heavy (non-hydrogen) atoms. The fourth-order valence-corrected chi connectivity index (χ4v) is 0. The number of amides is 1. The number of carbonyl (C=O) groups excluding carboxylic acids is 1. The van der Waals surface area contributed by atoms with Gasteiger partial charge in [-0.2, -0.15) is 8.42 Å². The van der Waals surface area contributed by atoms with Crippen LogP contribution in [0.2, 0.25) is 0 Å². The van der Waals surface area contributed by atoms with E-state index in [-0.39, 0.29) is 0 Å². The van der Waals surface area contributed by atoms with Gasteiger partial charge in [-0.05, 0) is 6.08 Å². The van der Waals surface area contributed by atoms with Gasteiger partial charge in [-0.25, -0.2) is 0 Å². The van der Waals surface area contributed by atoms with Gasteiger partial charge in [0.05, 0.1) is 0 Å². The molecule has 0 bridgehead atoms. The Morgan fingerprint density at radius 2 is 1.82 bits per heavy atom. The SMILES string of the molecule is C=CC(N)=O.O=S(=O)(O)CO. The molecule has 0 unspecified atom stereocenters. The summed E-state index contributed by atoms with van der Waals surface area (Å²) < 4.78 is 26.2. The first-order valence-corrected chi connectivity index (χ1v) is 3.92. The van der Waals surface area contributed by atoms with Crippen molar-refractivity contribution in [2.75, 3.05) is 5.94 Å². The average molecular weight is 183 g/mol. The largest absolute Gasteiger partial charge is 0.378 e. The van der Waals surface area contributed by atoms with E-state index in [1.54, 1.807) is 0 Å². The molecule has 6 nitrogen and oxygen atoms in total. The Hall–Kier alpha value is -0.920. The standard InChI is InChI=1S/C3H5NO.CH4O4S/c1-2-3(4)5;2-1-6(3,4)5/h2H,1H2,(H2,4,5);2H,1H2,(H,3,4,5). The number of hydrogen-bond acceptors (Lipinski definition) is 4. The number of nitrogens with two attached hydrogens (primary N) is 1. The van der Waals surface area contributed by atoms with Gasteiger partial charge in [0.25, 0.3) is 10.1 Å². The minimum Gasteiger partial charge on any atom is -0.378 e. The van der Waals surface area contributed by atoms with Gasteiger partial charge in [0.1, 0.15) is 0 Å². The van der Waals surface area contributed by atoms with E-state index < -0.39 is 22.0 Å². The Kier molecular flexibility index (Phi) is 6.75. The van der Waals surface area contributed by atoms with Crippen LogP contribution in [-0.2, 0) is 14.9 Å². The molecule has 0 rings (SSSR count). The molecule has 0 saturated carbocycles. The third-order valence-corrected chi connectivity index (χ3v) is 0.691. The maximum absolute atomic E-state index is 9.47. The predicted octanol–water partition coefficient (Wildman–Crippen LogP) is -1.52. The summed E-state index contributed by atoms with van der Waals surface area (Å²) in [5, 5.41) is 7.56. The fraction of sp³-hybridized carbons (Fsp3) is 0.250. The molecule has 4 N–H and O–H groups in total. The van der Waals surface area contributed by atoms with Crippen LogP contribution in [0.25, 0.3) is 0 Å². The molecule has 7 heteroatoms. The van der Waals surface area contributed by atoms with Gasteiger partial charge in [-0.1, -0.05) is 6.58 Å². The Bertz CT molecular complexity index is 219. The quantitative estimate of drug-likeness (QED) is 0.355. The molecule has 1 amide bonds. The zero-order valence-electron chi connectivity index (χ0n) is 5.60. The summed E-state index contributed by atoms with van der Waals surface area (Å²) in [4.78, 5) is 9.47. The molecule has 0 spiro atoms. The van der Waals surface area contributed by atoms with Crippen LogP contribution in [0.5, 0.6) is 0 Å². The number of carbonyl (C=O) groups is 1. The normalized spacial score (nSPS) is 9.27. The first-order chi connectivity index (χ1) is 4.83. The van der Waals surface area contributed by atoms with Crippen LogP contribution >= 0.6 is 0 Å². The second-order valence-corrected chi connectivity index (χ2v) is 2.74. The van der Waals surface area contributed by atoms with E-state index in [0.29, 0.717) is 0 Å². The van der Waals surface area contributed by atoms with Gasteiger partial charge in [0.15, 0.2) is 5.94 Å². The van der Waals surface area contributed by atoms with E-state index in [0.717, 1.165) is 6.08 Å². The highest BCUT2D eigenvalue weighted by atomic mass is 32.2. The molecule has 0 aliphatic rings. The lowest BCUT2D eigenvalue weighted by Crippen LogP contribution is -2.04. The van der Waals surface area contributed by atoms with Crippen LogP contribution in [0.3, 0.4) is 0 Å². The highest BCUT2D eigenvalue weighted by Crippen LogP contribution is 1.70. The van der Waals surface area contributed by atoms with Gasteiger partial charge in [-0.15, -0.1) is 0 Å². The summed E-state index contributed by atoms with van der Waals surface area (Å²) in [5.41, 5.74) is 4.53. The molecule has 0 saturated heterocycles. The summed E-state index contributed by atoms with van der Waals surface area (Å²) >= 11 is 0. The van der Waals surface area contributed by atoms with Crippen LogP contribution in [0.4, 0.5) is 0 Å². The molecule has 0 aromatic heterocycles. The number of hydrogen-bond donors (Lipinski definition) is 3. The van der Waals surface area contributed by atoms with Crippen molar-refractivity contribution in [3.63, 3.8) is 0 Å². The van der Waals surface area contributed by atoms with Crippen molar-refractivity contribution < 1.29 is 22.9 Å². The van der Waals surface area contributed by atoms with Crippen LogP contribution in [-0.4, -0.2) is 29.9 Å². The zero-order valence-corrected chi connectivity index (χ0v) is 6.41. The van der Waals surface area contributed by atoms with E-state index in [9.17, 15) is 13.2 Å². The average Bonchev–Trinajstić information content (AvgIpc) is 1.88. The lowest BCUT2D eigenvalue weighted by Gasteiger charge is -1.79. The monoisotopic (exact) mass is 183 g/mol. The van der Waals surface area contributed by atoms with E-state index in [2.05, 4.69) is 12.3 Å².